The zero-order valence-electron chi connectivity index (χ0n) is 6.94. The number of aliphatic carboxylic acids is 1. The lowest BCUT2D eigenvalue weighted by Gasteiger charge is -1.80. The summed E-state index contributed by atoms with van der Waals surface area (Å²) in [5.74, 6) is -2.11. The molecule has 0 atom stereocenters. The standard InChI is InChI=1S/C4H6O3.C2H4N2OS/c1-3(5)2-4(6)7;3-1(5)2(4)6/h2H2,1H3,(H,6,7);(H2,3,5)(H2,4,6). The largest absolute Gasteiger partial charge is 0.481 e. The van der Waals surface area contributed by atoms with Gasteiger partial charge in [-0.1, -0.05) is 12.2 Å². The fourth-order valence-corrected chi connectivity index (χ4v) is 0.213. The molecule has 74 valence electrons. The summed E-state index contributed by atoms with van der Waals surface area (Å²) < 4.78 is 0. The average molecular weight is 206 g/mol. The summed E-state index contributed by atoms with van der Waals surface area (Å²) in [5, 5.41) is 7.86. The van der Waals surface area contributed by atoms with E-state index in [0.29, 0.717) is 0 Å². The van der Waals surface area contributed by atoms with Crippen molar-refractivity contribution in [3.63, 3.8) is 0 Å². The highest BCUT2D eigenvalue weighted by Gasteiger charge is 1.98. The van der Waals surface area contributed by atoms with Crippen LogP contribution in [-0.2, 0) is 14.4 Å². The van der Waals surface area contributed by atoms with E-state index in [2.05, 4.69) is 18.0 Å². The lowest BCUT2D eigenvalue weighted by Crippen LogP contribution is -2.28. The van der Waals surface area contributed by atoms with Crippen molar-refractivity contribution in [2.24, 2.45) is 11.5 Å². The van der Waals surface area contributed by atoms with Gasteiger partial charge in [-0.25, -0.2) is 0 Å². The molecule has 6 nitrogen and oxygen atoms in total. The molecule has 0 saturated heterocycles. The molecule has 0 aromatic carbocycles. The summed E-state index contributed by atoms with van der Waals surface area (Å²) in [6.07, 6.45) is -0.361. The van der Waals surface area contributed by atoms with Gasteiger partial charge in [0.15, 0.2) is 4.99 Å². The Morgan fingerprint density at radius 1 is 1.31 bits per heavy atom. The topological polar surface area (TPSA) is 123 Å². The lowest BCUT2D eigenvalue weighted by atomic mass is 10.3. The maximum absolute atomic E-state index is 9.87. The van der Waals surface area contributed by atoms with Gasteiger partial charge in [-0.2, -0.15) is 0 Å². The maximum atomic E-state index is 9.87. The predicted octanol–water partition coefficient (Wildman–Crippen LogP) is -1.19. The third-order valence-corrected chi connectivity index (χ3v) is 0.844. The highest BCUT2D eigenvalue weighted by atomic mass is 32.1. The summed E-state index contributed by atoms with van der Waals surface area (Å²) in [7, 11) is 0. The SMILES string of the molecule is CC(=O)CC(=O)O.NC(=O)C(N)=S. The van der Waals surface area contributed by atoms with Crippen LogP contribution in [0.4, 0.5) is 0 Å². The van der Waals surface area contributed by atoms with Crippen LogP contribution >= 0.6 is 12.2 Å². The molecule has 0 fully saturated rings. The molecular formula is C6H10N2O4S. The Morgan fingerprint density at radius 2 is 1.62 bits per heavy atom. The first-order valence-electron chi connectivity index (χ1n) is 3.07. The number of carbonyl (C=O) groups is 3. The van der Waals surface area contributed by atoms with Crippen LogP contribution in [-0.4, -0.2) is 27.8 Å². The summed E-state index contributed by atoms with van der Waals surface area (Å²) in [5.41, 5.74) is 9.22. The second kappa shape index (κ2) is 7.17. The van der Waals surface area contributed by atoms with Gasteiger partial charge in [0.25, 0.3) is 5.91 Å². The molecule has 13 heavy (non-hydrogen) atoms. The van der Waals surface area contributed by atoms with E-state index in [-0.39, 0.29) is 17.2 Å². The number of carbonyl (C=O) groups excluding carboxylic acids is 2. The Kier molecular flexibility index (Phi) is 7.74. The van der Waals surface area contributed by atoms with E-state index in [1.165, 1.54) is 6.92 Å². The molecule has 0 spiro atoms. The molecule has 0 rings (SSSR count). The summed E-state index contributed by atoms with van der Waals surface area (Å²) >= 11 is 4.12. The van der Waals surface area contributed by atoms with Crippen molar-refractivity contribution in [3.8, 4) is 0 Å². The fourth-order valence-electron chi connectivity index (χ4n) is 0.213. The fraction of sp³-hybridized carbons (Fsp3) is 0.333. The van der Waals surface area contributed by atoms with E-state index in [4.69, 9.17) is 10.8 Å². The molecule has 5 N–H and O–H groups in total. The number of carboxylic acid groups (broad SMARTS) is 1. The van der Waals surface area contributed by atoms with Crippen molar-refractivity contribution in [2.75, 3.05) is 0 Å². The smallest absolute Gasteiger partial charge is 0.310 e. The maximum Gasteiger partial charge on any atom is 0.310 e. The van der Waals surface area contributed by atoms with E-state index in [1.807, 2.05) is 0 Å². The molecule has 0 saturated carbocycles. The zero-order valence-corrected chi connectivity index (χ0v) is 7.76. The second-order valence-corrected chi connectivity index (χ2v) is 2.44. The highest BCUT2D eigenvalue weighted by Crippen LogP contribution is 1.77. The molecule has 0 heterocycles. The number of hydrogen-bond donors (Lipinski definition) is 3. The third kappa shape index (κ3) is 18.0. The van der Waals surface area contributed by atoms with Gasteiger partial charge in [0.1, 0.15) is 12.2 Å². The number of Topliss-reactive ketones (excluding diaryl/α,β-unsaturated/α-hetero) is 1. The van der Waals surface area contributed by atoms with Crippen LogP contribution in [0.1, 0.15) is 13.3 Å². The van der Waals surface area contributed by atoms with E-state index in [9.17, 15) is 14.4 Å². The Balaban J connectivity index is 0. The van der Waals surface area contributed by atoms with Crippen molar-refractivity contribution in [1.29, 1.82) is 0 Å². The molecule has 0 unspecified atom stereocenters. The van der Waals surface area contributed by atoms with Gasteiger partial charge in [-0.3, -0.25) is 14.4 Å². The highest BCUT2D eigenvalue weighted by molar-refractivity contribution is 7.81. The van der Waals surface area contributed by atoms with Crippen LogP contribution in [0.2, 0.25) is 0 Å². The number of nitrogens with two attached hydrogens (primary N) is 2. The Hall–Kier alpha value is -1.50. The molecule has 1 amide bonds. The van der Waals surface area contributed by atoms with Crippen LogP contribution in [0.3, 0.4) is 0 Å². The molecular weight excluding hydrogens is 196 g/mol. The summed E-state index contributed by atoms with van der Waals surface area (Å²) in [6.45, 7) is 1.24. The number of amides is 1. The minimum absolute atomic E-state index is 0.269. The summed E-state index contributed by atoms with van der Waals surface area (Å²) in [6, 6.07) is 0. The number of primary amides is 1. The van der Waals surface area contributed by atoms with Crippen LogP contribution in [0.5, 0.6) is 0 Å². The molecule has 0 aliphatic heterocycles. The third-order valence-electron chi connectivity index (χ3n) is 0.643. The minimum atomic E-state index is -1.06. The van der Waals surface area contributed by atoms with Crippen molar-refractivity contribution >= 4 is 34.9 Å². The van der Waals surface area contributed by atoms with Gasteiger partial charge in [-0.05, 0) is 6.92 Å². The molecule has 7 heteroatoms. The van der Waals surface area contributed by atoms with Crippen LogP contribution in [0, 0.1) is 0 Å². The monoisotopic (exact) mass is 206 g/mol. The van der Waals surface area contributed by atoms with Crippen molar-refractivity contribution in [3.05, 3.63) is 0 Å². The predicted molar refractivity (Wildman–Crippen MR) is 48.9 cm³/mol. The Labute approximate surface area is 79.9 Å². The molecule has 0 aliphatic rings. The first-order chi connectivity index (χ1) is 5.77. The number of rotatable bonds is 2. The van der Waals surface area contributed by atoms with Gasteiger partial charge in [0.05, 0.1) is 0 Å². The van der Waals surface area contributed by atoms with Gasteiger partial charge >= 0.3 is 5.97 Å². The van der Waals surface area contributed by atoms with E-state index in [0.717, 1.165) is 0 Å². The number of hydrogen-bond acceptors (Lipinski definition) is 4. The van der Waals surface area contributed by atoms with E-state index >= 15 is 0 Å². The van der Waals surface area contributed by atoms with Crippen molar-refractivity contribution in [2.45, 2.75) is 13.3 Å². The van der Waals surface area contributed by atoms with Gasteiger partial charge in [0.2, 0.25) is 0 Å². The minimum Gasteiger partial charge on any atom is -0.481 e. The second-order valence-electron chi connectivity index (χ2n) is 2.00. The molecule has 0 aromatic heterocycles. The number of thiocarbonyl (C=S) groups is 1. The van der Waals surface area contributed by atoms with Gasteiger partial charge < -0.3 is 16.6 Å². The molecule has 0 radical (unpaired) electrons. The number of carboxylic acids is 1. The molecule has 0 aliphatic carbocycles. The lowest BCUT2D eigenvalue weighted by molar-refractivity contribution is -0.139. The zero-order chi connectivity index (χ0) is 11.0. The van der Waals surface area contributed by atoms with Crippen molar-refractivity contribution < 1.29 is 19.5 Å². The van der Waals surface area contributed by atoms with Crippen LogP contribution in [0.15, 0.2) is 0 Å². The van der Waals surface area contributed by atoms with E-state index in [1.54, 1.807) is 0 Å². The van der Waals surface area contributed by atoms with Crippen LogP contribution in [0.25, 0.3) is 0 Å². The van der Waals surface area contributed by atoms with Gasteiger partial charge in [-0.15, -0.1) is 0 Å². The first-order valence-corrected chi connectivity index (χ1v) is 3.48. The Bertz CT molecular complexity index is 215. The average Bonchev–Trinajstić information content (AvgIpc) is 1.84. The quantitative estimate of drug-likeness (QED) is 0.385. The van der Waals surface area contributed by atoms with Crippen molar-refractivity contribution in [1.82, 2.24) is 0 Å². The Morgan fingerprint density at radius 3 is 1.62 bits per heavy atom. The number of ketones is 1. The first kappa shape index (κ1) is 14.0. The van der Waals surface area contributed by atoms with E-state index < -0.39 is 11.9 Å². The van der Waals surface area contributed by atoms with Crippen LogP contribution < -0.4 is 11.5 Å². The molecule has 0 aromatic rings. The van der Waals surface area contributed by atoms with Gasteiger partial charge in [0, 0.05) is 0 Å². The normalized spacial score (nSPS) is 7.77. The molecule has 0 bridgehead atoms. The summed E-state index contributed by atoms with van der Waals surface area (Å²) in [4.78, 5) is 28.8.